The van der Waals surface area contributed by atoms with E-state index in [0.717, 1.165) is 12.0 Å². The van der Waals surface area contributed by atoms with Gasteiger partial charge in [-0.1, -0.05) is 41.9 Å². The molecule has 0 radical (unpaired) electrons. The SMILES string of the molecule is NCc1ccccc1NC(=O)NC1CCCN(c2ccccc2Cl)C1=O. The van der Waals surface area contributed by atoms with Crippen molar-refractivity contribution in [1.29, 1.82) is 0 Å². The maximum absolute atomic E-state index is 12.8. The van der Waals surface area contributed by atoms with Crippen LogP contribution >= 0.6 is 11.6 Å². The van der Waals surface area contributed by atoms with Gasteiger partial charge in [-0.25, -0.2) is 4.79 Å². The normalized spacial score (nSPS) is 17.1. The van der Waals surface area contributed by atoms with Gasteiger partial charge in [0.15, 0.2) is 0 Å². The van der Waals surface area contributed by atoms with Gasteiger partial charge in [-0.2, -0.15) is 0 Å². The summed E-state index contributed by atoms with van der Waals surface area (Å²) in [4.78, 5) is 26.8. The van der Waals surface area contributed by atoms with Crippen molar-refractivity contribution in [3.05, 3.63) is 59.1 Å². The van der Waals surface area contributed by atoms with E-state index in [9.17, 15) is 9.59 Å². The molecule has 3 rings (SSSR count). The first-order valence-electron chi connectivity index (χ1n) is 8.51. The summed E-state index contributed by atoms with van der Waals surface area (Å²) in [6.45, 7) is 0.900. The minimum absolute atomic E-state index is 0.161. The van der Waals surface area contributed by atoms with Gasteiger partial charge >= 0.3 is 6.03 Å². The fourth-order valence-corrected chi connectivity index (χ4v) is 3.29. The molecule has 0 bridgehead atoms. The number of nitrogens with two attached hydrogens (primary N) is 1. The molecule has 1 aliphatic rings. The molecule has 136 valence electrons. The zero-order valence-electron chi connectivity index (χ0n) is 14.2. The molecule has 2 aromatic rings. The fraction of sp³-hybridized carbons (Fsp3) is 0.263. The van der Waals surface area contributed by atoms with Crippen LogP contribution in [0.2, 0.25) is 5.02 Å². The molecule has 2 aromatic carbocycles. The van der Waals surface area contributed by atoms with Crippen molar-refractivity contribution in [1.82, 2.24) is 5.32 Å². The van der Waals surface area contributed by atoms with Crippen molar-refractivity contribution >= 4 is 34.9 Å². The molecule has 1 unspecified atom stereocenters. The standard InChI is InChI=1S/C19H21ClN4O2/c20-14-7-2-4-10-17(14)24-11-5-9-16(18(24)25)23-19(26)22-15-8-3-1-6-13(15)12-21/h1-4,6-8,10,16H,5,9,11-12,21H2,(H2,22,23,26). The number of benzene rings is 2. The second-order valence-electron chi connectivity index (χ2n) is 6.10. The monoisotopic (exact) mass is 372 g/mol. The van der Waals surface area contributed by atoms with Crippen molar-refractivity contribution in [2.24, 2.45) is 5.73 Å². The molecule has 0 aliphatic carbocycles. The number of anilines is 2. The van der Waals surface area contributed by atoms with Crippen molar-refractivity contribution in [3.63, 3.8) is 0 Å². The average Bonchev–Trinajstić information content (AvgIpc) is 2.64. The molecule has 7 heteroatoms. The smallest absolute Gasteiger partial charge is 0.319 e. The number of nitrogens with zero attached hydrogens (tertiary/aromatic N) is 1. The minimum Gasteiger partial charge on any atom is -0.326 e. The molecule has 1 fully saturated rings. The maximum Gasteiger partial charge on any atom is 0.319 e. The molecule has 1 saturated heterocycles. The third-order valence-corrected chi connectivity index (χ3v) is 4.69. The average molecular weight is 373 g/mol. The first-order valence-corrected chi connectivity index (χ1v) is 8.89. The van der Waals surface area contributed by atoms with Crippen molar-refractivity contribution < 1.29 is 9.59 Å². The number of halogens is 1. The zero-order valence-corrected chi connectivity index (χ0v) is 15.0. The molecule has 1 atom stereocenters. The third-order valence-electron chi connectivity index (χ3n) is 4.37. The van der Waals surface area contributed by atoms with Crippen LogP contribution < -0.4 is 21.3 Å². The minimum atomic E-state index is -0.593. The molecule has 0 aromatic heterocycles. The Balaban J connectivity index is 1.68. The number of hydrogen-bond acceptors (Lipinski definition) is 3. The number of amides is 3. The highest BCUT2D eigenvalue weighted by Gasteiger charge is 2.31. The lowest BCUT2D eigenvalue weighted by Gasteiger charge is -2.33. The Morgan fingerprint density at radius 3 is 2.69 bits per heavy atom. The predicted octanol–water partition coefficient (Wildman–Crippen LogP) is 3.12. The van der Waals surface area contributed by atoms with E-state index in [0.29, 0.717) is 35.9 Å². The lowest BCUT2D eigenvalue weighted by atomic mass is 10.0. The van der Waals surface area contributed by atoms with Gasteiger partial charge < -0.3 is 21.3 Å². The topological polar surface area (TPSA) is 87.5 Å². The lowest BCUT2D eigenvalue weighted by molar-refractivity contribution is -0.121. The summed E-state index contributed by atoms with van der Waals surface area (Å²) in [7, 11) is 0. The highest BCUT2D eigenvalue weighted by Crippen LogP contribution is 2.28. The van der Waals surface area contributed by atoms with Gasteiger partial charge in [-0.15, -0.1) is 0 Å². The van der Waals surface area contributed by atoms with Crippen LogP contribution in [-0.2, 0) is 11.3 Å². The van der Waals surface area contributed by atoms with Gasteiger partial charge in [0.25, 0.3) is 0 Å². The molecular formula is C19H21ClN4O2. The van der Waals surface area contributed by atoms with Crippen molar-refractivity contribution in [2.45, 2.75) is 25.4 Å². The van der Waals surface area contributed by atoms with Crippen LogP contribution in [0, 0.1) is 0 Å². The highest BCUT2D eigenvalue weighted by atomic mass is 35.5. The first kappa shape index (κ1) is 18.2. The summed E-state index contributed by atoms with van der Waals surface area (Å²) in [5.41, 5.74) is 7.82. The van der Waals surface area contributed by atoms with E-state index in [1.807, 2.05) is 30.3 Å². The number of hydrogen-bond donors (Lipinski definition) is 3. The first-order chi connectivity index (χ1) is 12.6. The Bertz CT molecular complexity index is 812. The zero-order chi connectivity index (χ0) is 18.5. The van der Waals surface area contributed by atoms with Crippen LogP contribution in [0.3, 0.4) is 0 Å². The summed E-state index contributed by atoms with van der Waals surface area (Å²) in [5, 5.41) is 6.05. The predicted molar refractivity (Wildman–Crippen MR) is 103 cm³/mol. The maximum atomic E-state index is 12.8. The molecule has 6 nitrogen and oxygen atoms in total. The van der Waals surface area contributed by atoms with E-state index in [4.69, 9.17) is 17.3 Å². The van der Waals surface area contributed by atoms with Gasteiger partial charge in [-0.05, 0) is 36.6 Å². The molecule has 3 amide bonds. The van der Waals surface area contributed by atoms with Gasteiger partial charge in [0.1, 0.15) is 6.04 Å². The number of urea groups is 1. The molecule has 1 heterocycles. The summed E-state index contributed by atoms with van der Waals surface area (Å²) in [5.74, 6) is -0.161. The van der Waals surface area contributed by atoms with E-state index in [1.165, 1.54) is 0 Å². The fourth-order valence-electron chi connectivity index (χ4n) is 3.06. The second-order valence-corrected chi connectivity index (χ2v) is 6.50. The van der Waals surface area contributed by atoms with Crippen LogP contribution in [0.5, 0.6) is 0 Å². The molecule has 1 aliphatic heterocycles. The molecule has 0 spiro atoms. The second kappa shape index (κ2) is 8.21. The van der Waals surface area contributed by atoms with Crippen LogP contribution in [0.25, 0.3) is 0 Å². The number of nitrogens with one attached hydrogen (secondary N) is 2. The summed E-state index contributed by atoms with van der Waals surface area (Å²) in [6, 6.07) is 13.5. The molecular weight excluding hydrogens is 352 g/mol. The number of para-hydroxylation sites is 2. The number of carbonyl (C=O) groups excluding carboxylic acids is 2. The van der Waals surface area contributed by atoms with Crippen LogP contribution in [-0.4, -0.2) is 24.5 Å². The Kier molecular flexibility index (Phi) is 5.75. The Morgan fingerprint density at radius 1 is 1.19 bits per heavy atom. The van der Waals surface area contributed by atoms with E-state index < -0.39 is 12.1 Å². The van der Waals surface area contributed by atoms with Crippen LogP contribution in [0.1, 0.15) is 18.4 Å². The number of piperidine rings is 1. The third kappa shape index (κ3) is 3.98. The number of carbonyl (C=O) groups is 2. The van der Waals surface area contributed by atoms with Gasteiger partial charge in [-0.3, -0.25) is 4.79 Å². The summed E-state index contributed by atoms with van der Waals surface area (Å²) < 4.78 is 0. The molecule has 4 N–H and O–H groups in total. The summed E-state index contributed by atoms with van der Waals surface area (Å²) in [6.07, 6.45) is 1.37. The van der Waals surface area contributed by atoms with E-state index in [1.54, 1.807) is 23.1 Å². The Labute approximate surface area is 157 Å². The van der Waals surface area contributed by atoms with E-state index >= 15 is 0 Å². The molecule has 26 heavy (non-hydrogen) atoms. The van der Waals surface area contributed by atoms with Gasteiger partial charge in [0.2, 0.25) is 5.91 Å². The molecule has 0 saturated carbocycles. The van der Waals surface area contributed by atoms with E-state index in [2.05, 4.69) is 10.6 Å². The largest absolute Gasteiger partial charge is 0.326 e. The Morgan fingerprint density at radius 2 is 1.92 bits per heavy atom. The Hall–Kier alpha value is -2.57. The van der Waals surface area contributed by atoms with Crippen LogP contribution in [0.15, 0.2) is 48.5 Å². The highest BCUT2D eigenvalue weighted by molar-refractivity contribution is 6.33. The number of rotatable bonds is 4. The van der Waals surface area contributed by atoms with Crippen molar-refractivity contribution in [2.75, 3.05) is 16.8 Å². The van der Waals surface area contributed by atoms with Crippen LogP contribution in [0.4, 0.5) is 16.2 Å². The lowest BCUT2D eigenvalue weighted by Crippen LogP contribution is -2.53. The van der Waals surface area contributed by atoms with Crippen molar-refractivity contribution in [3.8, 4) is 0 Å². The van der Waals surface area contributed by atoms with E-state index in [-0.39, 0.29) is 5.91 Å². The van der Waals surface area contributed by atoms with Gasteiger partial charge in [0, 0.05) is 18.8 Å². The summed E-state index contributed by atoms with van der Waals surface area (Å²) >= 11 is 6.21. The quantitative estimate of drug-likeness (QED) is 0.770. The van der Waals surface area contributed by atoms with Gasteiger partial charge in [0.05, 0.1) is 10.7 Å².